The predicted octanol–water partition coefficient (Wildman–Crippen LogP) is 2.35. The SMILES string of the molecule is COCCN1CC(=O)N(Cc2c(C)ccc3ccccc23)[C@@H](C)C1=O. The topological polar surface area (TPSA) is 49.9 Å². The van der Waals surface area contributed by atoms with Gasteiger partial charge in [0.1, 0.15) is 6.04 Å². The quantitative estimate of drug-likeness (QED) is 0.839. The van der Waals surface area contributed by atoms with Crippen LogP contribution >= 0.6 is 0 Å². The summed E-state index contributed by atoms with van der Waals surface area (Å²) < 4.78 is 5.03. The molecule has 132 valence electrons. The molecule has 5 heteroatoms. The zero-order valence-corrected chi connectivity index (χ0v) is 15.0. The summed E-state index contributed by atoms with van der Waals surface area (Å²) in [6, 6.07) is 11.9. The molecule has 1 fully saturated rings. The second-order valence-electron chi connectivity index (χ2n) is 6.53. The van der Waals surface area contributed by atoms with Crippen LogP contribution < -0.4 is 0 Å². The van der Waals surface area contributed by atoms with Gasteiger partial charge in [-0.2, -0.15) is 0 Å². The summed E-state index contributed by atoms with van der Waals surface area (Å²) in [5.74, 6) is -0.0370. The number of methoxy groups -OCH3 is 1. The van der Waals surface area contributed by atoms with E-state index in [0.717, 1.165) is 21.9 Å². The van der Waals surface area contributed by atoms with Crippen molar-refractivity contribution in [2.45, 2.75) is 26.4 Å². The van der Waals surface area contributed by atoms with E-state index in [9.17, 15) is 9.59 Å². The van der Waals surface area contributed by atoms with Crippen LogP contribution in [0.1, 0.15) is 18.1 Å². The minimum atomic E-state index is -0.462. The van der Waals surface area contributed by atoms with Gasteiger partial charge in [0, 0.05) is 20.2 Å². The highest BCUT2D eigenvalue weighted by Crippen LogP contribution is 2.25. The fourth-order valence-corrected chi connectivity index (χ4v) is 3.39. The van der Waals surface area contributed by atoms with Crippen LogP contribution in [0.5, 0.6) is 0 Å². The minimum absolute atomic E-state index is 0.0180. The third kappa shape index (κ3) is 3.37. The smallest absolute Gasteiger partial charge is 0.245 e. The molecule has 0 N–H and O–H groups in total. The Labute approximate surface area is 148 Å². The largest absolute Gasteiger partial charge is 0.383 e. The second kappa shape index (κ2) is 7.23. The number of benzene rings is 2. The predicted molar refractivity (Wildman–Crippen MR) is 97.2 cm³/mol. The fourth-order valence-electron chi connectivity index (χ4n) is 3.39. The molecule has 0 saturated carbocycles. The van der Waals surface area contributed by atoms with Gasteiger partial charge in [0.25, 0.3) is 0 Å². The average Bonchev–Trinajstić information content (AvgIpc) is 2.62. The molecule has 0 aliphatic carbocycles. The molecule has 1 aliphatic heterocycles. The monoisotopic (exact) mass is 340 g/mol. The van der Waals surface area contributed by atoms with Gasteiger partial charge in [0.2, 0.25) is 11.8 Å². The molecule has 25 heavy (non-hydrogen) atoms. The maximum atomic E-state index is 12.7. The molecule has 2 aromatic carbocycles. The Kier molecular flexibility index (Phi) is 5.04. The number of piperazine rings is 1. The van der Waals surface area contributed by atoms with Crippen molar-refractivity contribution >= 4 is 22.6 Å². The van der Waals surface area contributed by atoms with Crippen LogP contribution in [0.15, 0.2) is 36.4 Å². The summed E-state index contributed by atoms with van der Waals surface area (Å²) in [6.45, 7) is 5.32. The van der Waals surface area contributed by atoms with E-state index in [1.165, 1.54) is 0 Å². The van der Waals surface area contributed by atoms with Crippen LogP contribution in [-0.2, 0) is 20.9 Å². The Morgan fingerprint density at radius 3 is 2.68 bits per heavy atom. The zero-order valence-electron chi connectivity index (χ0n) is 15.0. The number of hydrogen-bond acceptors (Lipinski definition) is 3. The maximum absolute atomic E-state index is 12.7. The lowest BCUT2D eigenvalue weighted by Crippen LogP contribution is -2.58. The van der Waals surface area contributed by atoms with E-state index in [2.05, 4.69) is 24.3 Å². The number of fused-ring (bicyclic) bond motifs is 1. The molecule has 0 radical (unpaired) electrons. The van der Waals surface area contributed by atoms with Gasteiger partial charge in [-0.15, -0.1) is 0 Å². The first-order valence-corrected chi connectivity index (χ1v) is 8.57. The van der Waals surface area contributed by atoms with Crippen LogP contribution in [0, 0.1) is 6.92 Å². The molecule has 1 aliphatic rings. The van der Waals surface area contributed by atoms with Crippen LogP contribution in [-0.4, -0.2) is 54.5 Å². The molecule has 3 rings (SSSR count). The van der Waals surface area contributed by atoms with Crippen molar-refractivity contribution in [3.05, 3.63) is 47.5 Å². The number of rotatable bonds is 5. The molecule has 1 atom stereocenters. The second-order valence-corrected chi connectivity index (χ2v) is 6.53. The van der Waals surface area contributed by atoms with Crippen molar-refractivity contribution < 1.29 is 14.3 Å². The molecule has 0 spiro atoms. The zero-order chi connectivity index (χ0) is 18.0. The van der Waals surface area contributed by atoms with Crippen LogP contribution in [0.3, 0.4) is 0 Å². The molecule has 5 nitrogen and oxygen atoms in total. The van der Waals surface area contributed by atoms with E-state index in [0.29, 0.717) is 19.7 Å². The van der Waals surface area contributed by atoms with E-state index < -0.39 is 6.04 Å². The molecule has 0 bridgehead atoms. The number of carbonyl (C=O) groups excluding carboxylic acids is 2. The van der Waals surface area contributed by atoms with E-state index in [-0.39, 0.29) is 18.4 Å². The first kappa shape index (κ1) is 17.4. The van der Waals surface area contributed by atoms with Crippen LogP contribution in [0.25, 0.3) is 10.8 Å². The molecule has 1 heterocycles. The third-order valence-electron chi connectivity index (χ3n) is 4.95. The van der Waals surface area contributed by atoms with Gasteiger partial charge in [-0.1, -0.05) is 36.4 Å². The van der Waals surface area contributed by atoms with Crippen molar-refractivity contribution in [3.63, 3.8) is 0 Å². The third-order valence-corrected chi connectivity index (χ3v) is 4.95. The van der Waals surface area contributed by atoms with Gasteiger partial charge in [-0.25, -0.2) is 0 Å². The first-order chi connectivity index (χ1) is 12.0. The number of aryl methyl sites for hydroxylation is 1. The van der Waals surface area contributed by atoms with Crippen LogP contribution in [0.2, 0.25) is 0 Å². The Morgan fingerprint density at radius 2 is 1.92 bits per heavy atom. The lowest BCUT2D eigenvalue weighted by Gasteiger charge is -2.39. The summed E-state index contributed by atoms with van der Waals surface area (Å²) in [6.07, 6.45) is 0. The molecule has 2 aromatic rings. The summed E-state index contributed by atoms with van der Waals surface area (Å²) >= 11 is 0. The highest BCUT2D eigenvalue weighted by atomic mass is 16.5. The standard InChI is InChI=1S/C20H24N2O3/c1-14-8-9-16-6-4-5-7-17(16)18(14)12-22-15(2)20(24)21(10-11-25-3)13-19(22)23/h4-9,15H,10-13H2,1-3H3/t15-/m0/s1. The number of ether oxygens (including phenoxy) is 1. The molecule has 0 aromatic heterocycles. The Balaban J connectivity index is 1.87. The van der Waals surface area contributed by atoms with Gasteiger partial charge in [-0.05, 0) is 35.7 Å². The summed E-state index contributed by atoms with van der Waals surface area (Å²) in [4.78, 5) is 28.6. The normalized spacial score (nSPS) is 18.3. The highest BCUT2D eigenvalue weighted by Gasteiger charge is 2.36. The van der Waals surface area contributed by atoms with Crippen molar-refractivity contribution in [1.82, 2.24) is 9.80 Å². The van der Waals surface area contributed by atoms with Crippen molar-refractivity contribution in [1.29, 1.82) is 0 Å². The van der Waals surface area contributed by atoms with Crippen LogP contribution in [0.4, 0.5) is 0 Å². The Hall–Kier alpha value is -2.40. The van der Waals surface area contributed by atoms with Gasteiger partial charge in [0.05, 0.1) is 13.2 Å². The van der Waals surface area contributed by atoms with Crippen molar-refractivity contribution in [2.75, 3.05) is 26.8 Å². The molecular weight excluding hydrogens is 316 g/mol. The first-order valence-electron chi connectivity index (χ1n) is 8.57. The maximum Gasteiger partial charge on any atom is 0.245 e. The van der Waals surface area contributed by atoms with Gasteiger partial charge in [0.15, 0.2) is 0 Å². The number of hydrogen-bond donors (Lipinski definition) is 0. The van der Waals surface area contributed by atoms with Gasteiger partial charge in [-0.3, -0.25) is 9.59 Å². The van der Waals surface area contributed by atoms with Crippen molar-refractivity contribution in [3.8, 4) is 0 Å². The average molecular weight is 340 g/mol. The lowest BCUT2D eigenvalue weighted by atomic mass is 9.98. The molecule has 2 amide bonds. The fraction of sp³-hybridized carbons (Fsp3) is 0.400. The molecular formula is C20H24N2O3. The highest BCUT2D eigenvalue weighted by molar-refractivity contribution is 5.95. The molecule has 1 saturated heterocycles. The van der Waals surface area contributed by atoms with Gasteiger partial charge < -0.3 is 14.5 Å². The summed E-state index contributed by atoms with van der Waals surface area (Å²) in [7, 11) is 1.59. The number of nitrogens with zero attached hydrogens (tertiary/aromatic N) is 2. The number of amides is 2. The lowest BCUT2D eigenvalue weighted by molar-refractivity contribution is -0.156. The van der Waals surface area contributed by atoms with E-state index >= 15 is 0 Å². The Bertz CT molecular complexity index is 803. The van der Waals surface area contributed by atoms with E-state index in [1.54, 1.807) is 23.8 Å². The van der Waals surface area contributed by atoms with Crippen molar-refractivity contribution in [2.24, 2.45) is 0 Å². The van der Waals surface area contributed by atoms with E-state index in [1.807, 2.05) is 19.1 Å². The summed E-state index contributed by atoms with van der Waals surface area (Å²) in [5, 5.41) is 2.28. The number of carbonyl (C=O) groups is 2. The van der Waals surface area contributed by atoms with E-state index in [4.69, 9.17) is 4.74 Å². The minimum Gasteiger partial charge on any atom is -0.383 e. The van der Waals surface area contributed by atoms with Gasteiger partial charge >= 0.3 is 0 Å². The summed E-state index contributed by atoms with van der Waals surface area (Å²) in [5.41, 5.74) is 2.24. The Morgan fingerprint density at radius 1 is 1.16 bits per heavy atom. The molecule has 0 unspecified atom stereocenters.